The summed E-state index contributed by atoms with van der Waals surface area (Å²) >= 11 is 1.39. The van der Waals surface area contributed by atoms with Crippen molar-refractivity contribution in [3.63, 3.8) is 0 Å². The summed E-state index contributed by atoms with van der Waals surface area (Å²) in [6.07, 6.45) is 5.52. The van der Waals surface area contributed by atoms with Gasteiger partial charge in [-0.2, -0.15) is 9.97 Å². The van der Waals surface area contributed by atoms with E-state index in [-0.39, 0.29) is 11.5 Å². The van der Waals surface area contributed by atoms with Crippen LogP contribution in [0.15, 0.2) is 24.4 Å². The topological polar surface area (TPSA) is 105 Å². The molecular weight excluding hydrogens is 546 g/mol. The number of piperazine rings is 1. The lowest BCUT2D eigenvalue weighted by Crippen LogP contribution is -2.51. The van der Waals surface area contributed by atoms with E-state index in [9.17, 15) is 4.39 Å². The summed E-state index contributed by atoms with van der Waals surface area (Å²) in [5.41, 5.74) is 8.44. The summed E-state index contributed by atoms with van der Waals surface area (Å²) in [5.74, 6) is 0.712. The number of para-hydroxylation sites is 1. The number of pyridine rings is 1. The van der Waals surface area contributed by atoms with Gasteiger partial charge in [-0.3, -0.25) is 9.88 Å². The van der Waals surface area contributed by atoms with E-state index < -0.39 is 12.8 Å². The molecule has 1 aromatic carbocycles. The number of hydrogen-bond donors (Lipinski definition) is 2. The zero-order valence-corrected chi connectivity index (χ0v) is 23.5. The minimum absolute atomic E-state index is 0.199. The Hall–Kier alpha value is -3.22. The number of nitrogens with two attached hydrogens (primary N) is 1. The quantitative estimate of drug-likeness (QED) is 0.347. The molecule has 4 aliphatic rings. The first kappa shape index (κ1) is 25.5. The van der Waals surface area contributed by atoms with E-state index in [1.165, 1.54) is 11.3 Å². The zero-order chi connectivity index (χ0) is 27.7. The predicted octanol–water partition coefficient (Wildman–Crippen LogP) is 4.25. The van der Waals surface area contributed by atoms with Crippen molar-refractivity contribution in [3.8, 4) is 17.3 Å². The molecule has 4 atom stereocenters. The molecule has 0 radical (unpaired) electrons. The molecule has 0 saturated carbocycles. The number of ether oxygens (including phenoxy) is 1. The highest BCUT2D eigenvalue weighted by Gasteiger charge is 2.49. The number of rotatable bonds is 6. The van der Waals surface area contributed by atoms with Crippen LogP contribution in [0.1, 0.15) is 37.7 Å². The highest BCUT2D eigenvalue weighted by atomic mass is 32.1. The van der Waals surface area contributed by atoms with Crippen LogP contribution in [0.2, 0.25) is 0 Å². The molecule has 214 valence electrons. The molecule has 3 aromatic heterocycles. The van der Waals surface area contributed by atoms with Gasteiger partial charge >= 0.3 is 6.01 Å². The molecule has 41 heavy (non-hydrogen) atoms. The number of anilines is 2. The van der Waals surface area contributed by atoms with Crippen LogP contribution < -0.4 is 20.7 Å². The van der Waals surface area contributed by atoms with E-state index in [0.717, 1.165) is 50.0 Å². The molecule has 4 saturated heterocycles. The van der Waals surface area contributed by atoms with Crippen LogP contribution in [0, 0.1) is 0 Å². The molecule has 0 amide bonds. The lowest BCUT2D eigenvalue weighted by atomic mass is 9.95. The molecule has 4 aliphatic heterocycles. The van der Waals surface area contributed by atoms with Gasteiger partial charge in [0.1, 0.15) is 25.3 Å². The average molecular weight is 579 g/mol. The minimum Gasteiger partial charge on any atom is -0.461 e. The zero-order valence-electron chi connectivity index (χ0n) is 22.7. The minimum atomic E-state index is -0.849. The first-order valence-electron chi connectivity index (χ1n) is 14.4. The van der Waals surface area contributed by atoms with Crippen molar-refractivity contribution in [2.75, 3.05) is 43.4 Å². The second-order valence-electron chi connectivity index (χ2n) is 11.9. The summed E-state index contributed by atoms with van der Waals surface area (Å²) in [6, 6.07) is 6.72. The van der Waals surface area contributed by atoms with Crippen molar-refractivity contribution >= 4 is 43.4 Å². The maximum absolute atomic E-state index is 15.0. The predicted molar refractivity (Wildman–Crippen MR) is 156 cm³/mol. The highest BCUT2D eigenvalue weighted by molar-refractivity contribution is 7.22. The van der Waals surface area contributed by atoms with Crippen LogP contribution >= 0.6 is 11.3 Å². The van der Waals surface area contributed by atoms with E-state index in [4.69, 9.17) is 25.4 Å². The van der Waals surface area contributed by atoms with E-state index in [1.807, 2.05) is 18.2 Å². The number of hydrogen-bond acceptors (Lipinski definition) is 10. The molecular formula is C29H32F2N8OS. The van der Waals surface area contributed by atoms with Crippen molar-refractivity contribution in [1.29, 1.82) is 0 Å². The summed E-state index contributed by atoms with van der Waals surface area (Å²) < 4.78 is 36.7. The number of halogens is 2. The van der Waals surface area contributed by atoms with Gasteiger partial charge < -0.3 is 20.7 Å². The number of nitrogens with one attached hydrogen (secondary N) is 1. The van der Waals surface area contributed by atoms with Crippen LogP contribution in [-0.2, 0) is 6.67 Å². The molecule has 7 heterocycles. The summed E-state index contributed by atoms with van der Waals surface area (Å²) in [6.45, 7) is 2.47. The lowest BCUT2D eigenvalue weighted by Gasteiger charge is -2.34. The largest absolute Gasteiger partial charge is 0.461 e. The second-order valence-corrected chi connectivity index (χ2v) is 13.0. The molecule has 4 aromatic rings. The van der Waals surface area contributed by atoms with Crippen LogP contribution in [0.25, 0.3) is 32.4 Å². The fourth-order valence-corrected chi connectivity index (χ4v) is 8.31. The fraction of sp³-hybridized carbons (Fsp3) is 0.517. The Kier molecular flexibility index (Phi) is 6.01. The maximum atomic E-state index is 15.0. The first-order chi connectivity index (χ1) is 20.0. The SMILES string of the molecule is Nc1nc2c(-c3ncc4c(N5CC6CCC(C5)N6)nc(OC[C@@]56CCCN5C[C@H](F)C6)nc4c3CF)cccc2s1. The molecule has 0 spiro atoms. The Labute approximate surface area is 240 Å². The molecule has 2 bridgehead atoms. The molecule has 4 fully saturated rings. The Bertz CT molecular complexity index is 1640. The number of aromatic nitrogens is 4. The first-order valence-corrected chi connectivity index (χ1v) is 15.3. The third-order valence-electron chi connectivity index (χ3n) is 9.37. The summed E-state index contributed by atoms with van der Waals surface area (Å²) in [4.78, 5) is 23.5. The normalized spacial score (nSPS) is 27.8. The van der Waals surface area contributed by atoms with Gasteiger partial charge in [0.2, 0.25) is 0 Å². The van der Waals surface area contributed by atoms with Gasteiger partial charge in [-0.05, 0) is 38.3 Å². The van der Waals surface area contributed by atoms with Gasteiger partial charge in [0.05, 0.1) is 32.4 Å². The lowest BCUT2D eigenvalue weighted by molar-refractivity contribution is 0.107. The van der Waals surface area contributed by atoms with E-state index >= 15 is 4.39 Å². The van der Waals surface area contributed by atoms with Gasteiger partial charge in [-0.15, -0.1) is 0 Å². The van der Waals surface area contributed by atoms with Gasteiger partial charge in [0, 0.05) is 55.5 Å². The van der Waals surface area contributed by atoms with Crippen molar-refractivity contribution in [2.45, 2.75) is 62.6 Å². The van der Waals surface area contributed by atoms with Crippen molar-refractivity contribution in [3.05, 3.63) is 30.0 Å². The van der Waals surface area contributed by atoms with E-state index in [0.29, 0.717) is 75.8 Å². The Morgan fingerprint density at radius 3 is 2.80 bits per heavy atom. The molecule has 8 rings (SSSR count). The standard InChI is InChI=1S/C29H32F2N8OS/c30-10-20-23(19-3-1-4-22-25(19)35-27(32)41-22)33-11-21-24(20)36-28(37-26(21)38-13-17-5-6-18(14-38)34-17)40-15-29-7-2-8-39(29)12-16(31)9-29/h1,3-4,11,16-18,34H,2,5-10,12-15H2,(H2,32,35)/t16-,17?,18?,29+/m1/s1. The number of alkyl halides is 2. The van der Waals surface area contributed by atoms with Crippen molar-refractivity contribution in [1.82, 2.24) is 30.2 Å². The van der Waals surface area contributed by atoms with Gasteiger partial charge in [-0.25, -0.2) is 13.8 Å². The molecule has 2 unspecified atom stereocenters. The fourth-order valence-electron chi connectivity index (χ4n) is 7.54. The van der Waals surface area contributed by atoms with E-state index in [1.54, 1.807) is 6.20 Å². The Morgan fingerprint density at radius 1 is 1.12 bits per heavy atom. The van der Waals surface area contributed by atoms with Gasteiger partial charge in [-0.1, -0.05) is 23.5 Å². The van der Waals surface area contributed by atoms with Crippen LogP contribution in [0.3, 0.4) is 0 Å². The molecule has 0 aliphatic carbocycles. The number of benzene rings is 1. The average Bonchev–Trinajstić information content (AvgIpc) is 3.71. The van der Waals surface area contributed by atoms with Gasteiger partial charge in [0.15, 0.2) is 5.13 Å². The molecule has 9 nitrogen and oxygen atoms in total. The van der Waals surface area contributed by atoms with Crippen molar-refractivity contribution < 1.29 is 13.5 Å². The second kappa shape index (κ2) is 9.67. The summed E-state index contributed by atoms with van der Waals surface area (Å²) in [7, 11) is 0. The van der Waals surface area contributed by atoms with Crippen molar-refractivity contribution in [2.24, 2.45) is 0 Å². The third-order valence-corrected chi connectivity index (χ3v) is 10.2. The Balaban J connectivity index is 1.25. The monoisotopic (exact) mass is 578 g/mol. The number of nitrogen functional groups attached to an aromatic ring is 1. The van der Waals surface area contributed by atoms with Crippen LogP contribution in [0.5, 0.6) is 6.01 Å². The highest BCUT2D eigenvalue weighted by Crippen LogP contribution is 2.41. The third kappa shape index (κ3) is 4.21. The van der Waals surface area contributed by atoms with Gasteiger partial charge in [0.25, 0.3) is 0 Å². The molecule has 12 heteroatoms. The van der Waals surface area contributed by atoms with E-state index in [2.05, 4.69) is 20.1 Å². The maximum Gasteiger partial charge on any atom is 0.319 e. The van der Waals surface area contributed by atoms with Crippen LogP contribution in [0.4, 0.5) is 19.7 Å². The smallest absolute Gasteiger partial charge is 0.319 e. The number of thiazole rings is 1. The molecule has 3 N–H and O–H groups in total. The number of fused-ring (bicyclic) bond motifs is 5. The number of nitrogens with zero attached hydrogens (tertiary/aromatic N) is 6. The van der Waals surface area contributed by atoms with Crippen LogP contribution in [-0.4, -0.2) is 81.4 Å². The Morgan fingerprint density at radius 2 is 1.98 bits per heavy atom. The summed E-state index contributed by atoms with van der Waals surface area (Å²) in [5, 5.41) is 4.82.